The molecule has 0 saturated carbocycles. The van der Waals surface area contributed by atoms with Crippen LogP contribution in [-0.4, -0.2) is 31.1 Å². The molecule has 2 N–H and O–H groups in total. The lowest BCUT2D eigenvalue weighted by molar-refractivity contribution is 0.211. The van der Waals surface area contributed by atoms with E-state index in [0.717, 1.165) is 51.0 Å². The molecule has 3 heteroatoms. The minimum absolute atomic E-state index is 0.551. The summed E-state index contributed by atoms with van der Waals surface area (Å²) in [6.07, 6.45) is 3.39. The Balaban J connectivity index is 1.95. The highest BCUT2D eigenvalue weighted by molar-refractivity contribution is 5.39. The molecule has 3 nitrogen and oxygen atoms in total. The summed E-state index contributed by atoms with van der Waals surface area (Å²) in [5.74, 6) is 0.551. The standard InChI is InChI=1S/C15H21N3/c16-8-3-9-18-10-6-13(7-11-18)15-5-2-1-4-14(15)12-17/h1-2,4-5,13H,3,6-11,16H2. The molecule has 0 aromatic heterocycles. The van der Waals surface area contributed by atoms with Gasteiger partial charge in [-0.05, 0) is 63.0 Å². The lowest BCUT2D eigenvalue weighted by Gasteiger charge is -2.32. The zero-order valence-electron chi connectivity index (χ0n) is 10.8. The number of hydrogen-bond donors (Lipinski definition) is 1. The molecular weight excluding hydrogens is 222 g/mol. The van der Waals surface area contributed by atoms with Gasteiger partial charge in [0.2, 0.25) is 0 Å². The predicted molar refractivity (Wildman–Crippen MR) is 73.2 cm³/mol. The largest absolute Gasteiger partial charge is 0.330 e. The zero-order valence-corrected chi connectivity index (χ0v) is 10.8. The molecule has 2 rings (SSSR count). The van der Waals surface area contributed by atoms with Crippen LogP contribution in [-0.2, 0) is 0 Å². The Morgan fingerprint density at radius 2 is 2.00 bits per heavy atom. The van der Waals surface area contributed by atoms with Crippen molar-refractivity contribution in [3.63, 3.8) is 0 Å². The maximum atomic E-state index is 9.14. The van der Waals surface area contributed by atoms with E-state index in [4.69, 9.17) is 11.0 Å². The Kier molecular flexibility index (Phi) is 4.74. The fourth-order valence-corrected chi connectivity index (χ4v) is 2.74. The van der Waals surface area contributed by atoms with Gasteiger partial charge in [-0.15, -0.1) is 0 Å². The van der Waals surface area contributed by atoms with E-state index < -0.39 is 0 Å². The quantitative estimate of drug-likeness (QED) is 0.881. The van der Waals surface area contributed by atoms with Crippen LogP contribution >= 0.6 is 0 Å². The van der Waals surface area contributed by atoms with Crippen molar-refractivity contribution in [1.29, 1.82) is 5.26 Å². The highest BCUT2D eigenvalue weighted by atomic mass is 15.1. The van der Waals surface area contributed by atoms with Crippen LogP contribution in [0.3, 0.4) is 0 Å². The van der Waals surface area contributed by atoms with Crippen LogP contribution in [0.5, 0.6) is 0 Å². The molecule has 1 aromatic carbocycles. The van der Waals surface area contributed by atoms with Crippen molar-refractivity contribution in [1.82, 2.24) is 4.90 Å². The van der Waals surface area contributed by atoms with E-state index in [1.165, 1.54) is 5.56 Å². The molecule has 0 radical (unpaired) electrons. The molecule has 0 atom stereocenters. The molecule has 96 valence electrons. The normalized spacial score (nSPS) is 17.6. The molecular formula is C15H21N3. The van der Waals surface area contributed by atoms with Crippen molar-refractivity contribution in [3.05, 3.63) is 35.4 Å². The van der Waals surface area contributed by atoms with Crippen LogP contribution in [0.25, 0.3) is 0 Å². The first-order chi connectivity index (χ1) is 8.85. The molecule has 1 heterocycles. The second kappa shape index (κ2) is 6.53. The van der Waals surface area contributed by atoms with E-state index in [9.17, 15) is 0 Å². The Bertz CT molecular complexity index is 414. The number of nitrogens with zero attached hydrogens (tertiary/aromatic N) is 2. The third-order valence-electron chi connectivity index (χ3n) is 3.79. The average Bonchev–Trinajstić information content (AvgIpc) is 2.45. The smallest absolute Gasteiger partial charge is 0.0994 e. The molecule has 0 amide bonds. The van der Waals surface area contributed by atoms with Crippen molar-refractivity contribution >= 4 is 0 Å². The van der Waals surface area contributed by atoms with Crippen LogP contribution in [0, 0.1) is 11.3 Å². The topological polar surface area (TPSA) is 53.0 Å². The molecule has 1 saturated heterocycles. The number of rotatable bonds is 4. The number of piperidine rings is 1. The van der Waals surface area contributed by atoms with Crippen LogP contribution in [0.1, 0.15) is 36.3 Å². The second-order valence-electron chi connectivity index (χ2n) is 4.96. The molecule has 1 aromatic rings. The summed E-state index contributed by atoms with van der Waals surface area (Å²) >= 11 is 0. The van der Waals surface area contributed by atoms with Gasteiger partial charge in [0, 0.05) is 0 Å². The first-order valence-electron chi connectivity index (χ1n) is 6.76. The predicted octanol–water partition coefficient (Wildman–Crippen LogP) is 2.09. The molecule has 0 bridgehead atoms. The monoisotopic (exact) mass is 243 g/mol. The summed E-state index contributed by atoms with van der Waals surface area (Å²) < 4.78 is 0. The summed E-state index contributed by atoms with van der Waals surface area (Å²) in [6, 6.07) is 10.3. The minimum Gasteiger partial charge on any atom is -0.330 e. The Morgan fingerprint density at radius 1 is 1.28 bits per heavy atom. The summed E-state index contributed by atoms with van der Waals surface area (Å²) in [6.45, 7) is 4.15. The van der Waals surface area contributed by atoms with Gasteiger partial charge >= 0.3 is 0 Å². The third-order valence-corrected chi connectivity index (χ3v) is 3.79. The third kappa shape index (κ3) is 3.10. The number of likely N-dealkylation sites (tertiary alicyclic amines) is 1. The summed E-state index contributed by atoms with van der Waals surface area (Å²) in [5, 5.41) is 9.14. The van der Waals surface area contributed by atoms with Gasteiger partial charge in [-0.25, -0.2) is 0 Å². The zero-order chi connectivity index (χ0) is 12.8. The number of benzene rings is 1. The van der Waals surface area contributed by atoms with Crippen molar-refractivity contribution in [2.75, 3.05) is 26.2 Å². The average molecular weight is 243 g/mol. The molecule has 0 spiro atoms. The summed E-state index contributed by atoms with van der Waals surface area (Å²) in [7, 11) is 0. The van der Waals surface area contributed by atoms with Crippen LogP contribution in [0.2, 0.25) is 0 Å². The van der Waals surface area contributed by atoms with E-state index >= 15 is 0 Å². The van der Waals surface area contributed by atoms with Gasteiger partial charge in [-0.1, -0.05) is 18.2 Å². The van der Waals surface area contributed by atoms with Crippen molar-refractivity contribution in [2.24, 2.45) is 5.73 Å². The lowest BCUT2D eigenvalue weighted by Crippen LogP contribution is -2.34. The van der Waals surface area contributed by atoms with Crippen LogP contribution in [0.15, 0.2) is 24.3 Å². The molecule has 18 heavy (non-hydrogen) atoms. The van der Waals surface area contributed by atoms with Gasteiger partial charge in [0.25, 0.3) is 0 Å². The summed E-state index contributed by atoms with van der Waals surface area (Å²) in [4.78, 5) is 2.48. The van der Waals surface area contributed by atoms with Gasteiger partial charge in [-0.3, -0.25) is 0 Å². The fraction of sp³-hybridized carbons (Fsp3) is 0.533. The first kappa shape index (κ1) is 13.1. The molecule has 1 aliphatic rings. The van der Waals surface area contributed by atoms with Gasteiger partial charge < -0.3 is 10.6 Å². The van der Waals surface area contributed by atoms with Gasteiger partial charge in [-0.2, -0.15) is 5.26 Å². The Labute approximate surface area is 109 Å². The van der Waals surface area contributed by atoms with Gasteiger partial charge in [0.1, 0.15) is 0 Å². The Morgan fingerprint density at radius 3 is 2.67 bits per heavy atom. The lowest BCUT2D eigenvalue weighted by atomic mass is 9.87. The van der Waals surface area contributed by atoms with E-state index in [-0.39, 0.29) is 0 Å². The number of hydrogen-bond acceptors (Lipinski definition) is 3. The van der Waals surface area contributed by atoms with Crippen molar-refractivity contribution < 1.29 is 0 Å². The first-order valence-corrected chi connectivity index (χ1v) is 6.76. The van der Waals surface area contributed by atoms with Crippen molar-refractivity contribution in [2.45, 2.75) is 25.2 Å². The maximum absolute atomic E-state index is 9.14. The van der Waals surface area contributed by atoms with E-state index in [1.54, 1.807) is 0 Å². The van der Waals surface area contributed by atoms with E-state index in [1.807, 2.05) is 18.2 Å². The summed E-state index contributed by atoms with van der Waals surface area (Å²) in [5.41, 5.74) is 7.62. The number of nitriles is 1. The second-order valence-corrected chi connectivity index (χ2v) is 4.96. The number of nitrogens with two attached hydrogens (primary N) is 1. The van der Waals surface area contributed by atoms with Gasteiger partial charge in [0.05, 0.1) is 11.6 Å². The minimum atomic E-state index is 0.551. The van der Waals surface area contributed by atoms with E-state index in [2.05, 4.69) is 17.0 Å². The molecule has 0 unspecified atom stereocenters. The highest BCUT2D eigenvalue weighted by Crippen LogP contribution is 2.29. The SMILES string of the molecule is N#Cc1ccccc1C1CCN(CCCN)CC1. The molecule has 1 aliphatic heterocycles. The maximum Gasteiger partial charge on any atom is 0.0994 e. The Hall–Kier alpha value is -1.37. The highest BCUT2D eigenvalue weighted by Gasteiger charge is 2.21. The van der Waals surface area contributed by atoms with Crippen molar-refractivity contribution in [3.8, 4) is 6.07 Å². The van der Waals surface area contributed by atoms with Gasteiger partial charge in [0.15, 0.2) is 0 Å². The van der Waals surface area contributed by atoms with E-state index in [0.29, 0.717) is 5.92 Å². The van der Waals surface area contributed by atoms with Crippen LogP contribution < -0.4 is 5.73 Å². The molecule has 0 aliphatic carbocycles. The fourth-order valence-electron chi connectivity index (χ4n) is 2.74. The van der Waals surface area contributed by atoms with Crippen LogP contribution in [0.4, 0.5) is 0 Å². The molecule has 1 fully saturated rings.